The number of carbonyl (C=O) groups excluding carboxylic acids is 2. The minimum atomic E-state index is -0.321. The molecule has 1 aliphatic heterocycles. The van der Waals surface area contributed by atoms with Crippen LogP contribution in [0.25, 0.3) is 0 Å². The second kappa shape index (κ2) is 6.27. The van der Waals surface area contributed by atoms with Crippen molar-refractivity contribution in [3.8, 4) is 0 Å². The molecule has 0 unspecified atom stereocenters. The van der Waals surface area contributed by atoms with Gasteiger partial charge in [-0.3, -0.25) is 4.79 Å². The number of rotatable bonds is 2. The zero-order valence-corrected chi connectivity index (χ0v) is 11.5. The van der Waals surface area contributed by atoms with E-state index in [1.165, 1.54) is 0 Å². The van der Waals surface area contributed by atoms with Gasteiger partial charge in [-0.05, 0) is 19.1 Å². The average Bonchev–Trinajstić information content (AvgIpc) is 2.47. The number of piperazine rings is 1. The Hall–Kier alpha value is -2.24. The first kappa shape index (κ1) is 14.2. The molecule has 2 N–H and O–H groups in total. The maximum atomic E-state index is 12.3. The second-order valence-electron chi connectivity index (χ2n) is 4.57. The van der Waals surface area contributed by atoms with E-state index in [9.17, 15) is 9.59 Å². The number of hydrogen-bond acceptors (Lipinski definition) is 4. The van der Waals surface area contributed by atoms with Crippen molar-refractivity contribution in [3.05, 3.63) is 29.8 Å². The van der Waals surface area contributed by atoms with Crippen LogP contribution in [0.3, 0.4) is 0 Å². The molecule has 0 spiro atoms. The van der Waals surface area contributed by atoms with Crippen molar-refractivity contribution in [3.63, 3.8) is 0 Å². The van der Waals surface area contributed by atoms with Gasteiger partial charge in [0.25, 0.3) is 5.91 Å². The summed E-state index contributed by atoms with van der Waals surface area (Å²) >= 11 is 0. The third kappa shape index (κ3) is 3.01. The van der Waals surface area contributed by atoms with Crippen molar-refractivity contribution in [1.29, 1.82) is 0 Å². The molecular formula is C14H19N3O3. The molecule has 0 aliphatic carbocycles. The lowest BCUT2D eigenvalue weighted by atomic mass is 10.1. The van der Waals surface area contributed by atoms with E-state index < -0.39 is 0 Å². The van der Waals surface area contributed by atoms with Crippen LogP contribution in [0.15, 0.2) is 24.3 Å². The molecule has 1 aliphatic rings. The molecule has 1 heterocycles. The van der Waals surface area contributed by atoms with Crippen molar-refractivity contribution in [1.82, 2.24) is 9.80 Å². The quantitative estimate of drug-likeness (QED) is 0.824. The number of anilines is 1. The average molecular weight is 277 g/mol. The highest BCUT2D eigenvalue weighted by molar-refractivity contribution is 5.99. The third-order valence-electron chi connectivity index (χ3n) is 3.28. The number of ether oxygens (including phenoxy) is 1. The second-order valence-corrected chi connectivity index (χ2v) is 4.57. The van der Waals surface area contributed by atoms with E-state index in [0.29, 0.717) is 44.0 Å². The normalized spacial score (nSPS) is 15.1. The smallest absolute Gasteiger partial charge is 0.409 e. The van der Waals surface area contributed by atoms with Gasteiger partial charge in [0.15, 0.2) is 0 Å². The van der Waals surface area contributed by atoms with Crippen molar-refractivity contribution in [2.24, 2.45) is 0 Å². The summed E-state index contributed by atoms with van der Waals surface area (Å²) in [5.41, 5.74) is 6.80. The number of amides is 2. The third-order valence-corrected chi connectivity index (χ3v) is 3.28. The van der Waals surface area contributed by atoms with E-state index in [1.807, 2.05) is 0 Å². The van der Waals surface area contributed by atoms with Crippen LogP contribution in [-0.2, 0) is 4.74 Å². The summed E-state index contributed by atoms with van der Waals surface area (Å²) in [5, 5.41) is 0. The van der Waals surface area contributed by atoms with Crippen LogP contribution in [-0.4, -0.2) is 54.6 Å². The summed E-state index contributed by atoms with van der Waals surface area (Å²) in [5.74, 6) is -0.0911. The highest BCUT2D eigenvalue weighted by Gasteiger charge is 2.26. The van der Waals surface area contributed by atoms with Gasteiger partial charge in [0.2, 0.25) is 0 Å². The zero-order valence-electron chi connectivity index (χ0n) is 11.5. The Morgan fingerprint density at radius 1 is 1.15 bits per heavy atom. The fourth-order valence-electron chi connectivity index (χ4n) is 2.17. The summed E-state index contributed by atoms with van der Waals surface area (Å²) in [6, 6.07) is 7.01. The van der Waals surface area contributed by atoms with Gasteiger partial charge in [-0.15, -0.1) is 0 Å². The standard InChI is InChI=1S/C14H19N3O3/c1-2-20-14(19)17-9-7-16(8-10-17)13(18)11-5-3-4-6-12(11)15/h3-6H,2,7-10,15H2,1H3. The SMILES string of the molecule is CCOC(=O)N1CCN(C(=O)c2ccccc2N)CC1. The molecule has 0 radical (unpaired) electrons. The van der Waals surface area contributed by atoms with Gasteiger partial charge in [0, 0.05) is 31.9 Å². The number of nitrogens with two attached hydrogens (primary N) is 1. The van der Waals surface area contributed by atoms with Gasteiger partial charge >= 0.3 is 6.09 Å². The molecule has 0 bridgehead atoms. The molecule has 0 saturated carbocycles. The van der Waals surface area contributed by atoms with E-state index in [0.717, 1.165) is 0 Å². The molecular weight excluding hydrogens is 258 g/mol. The summed E-state index contributed by atoms with van der Waals surface area (Å²) in [6.07, 6.45) is -0.321. The van der Waals surface area contributed by atoms with Crippen LogP contribution in [0.5, 0.6) is 0 Å². The molecule has 1 aromatic carbocycles. The Morgan fingerprint density at radius 2 is 1.75 bits per heavy atom. The molecule has 6 nitrogen and oxygen atoms in total. The lowest BCUT2D eigenvalue weighted by molar-refractivity contribution is 0.0571. The lowest BCUT2D eigenvalue weighted by Crippen LogP contribution is -2.50. The van der Waals surface area contributed by atoms with Gasteiger partial charge in [-0.1, -0.05) is 12.1 Å². The van der Waals surface area contributed by atoms with Crippen LogP contribution < -0.4 is 5.73 Å². The van der Waals surface area contributed by atoms with Crippen molar-refractivity contribution in [2.45, 2.75) is 6.92 Å². The first-order valence-electron chi connectivity index (χ1n) is 6.69. The topological polar surface area (TPSA) is 75.9 Å². The number of carbonyl (C=O) groups is 2. The maximum Gasteiger partial charge on any atom is 0.409 e. The molecule has 1 fully saturated rings. The number of para-hydroxylation sites is 1. The Balaban J connectivity index is 1.96. The van der Waals surface area contributed by atoms with Gasteiger partial charge in [0.05, 0.1) is 12.2 Å². The fraction of sp³-hybridized carbons (Fsp3) is 0.429. The van der Waals surface area contributed by atoms with Gasteiger partial charge in [-0.25, -0.2) is 4.79 Å². The van der Waals surface area contributed by atoms with Gasteiger partial charge in [-0.2, -0.15) is 0 Å². The van der Waals surface area contributed by atoms with Crippen LogP contribution in [0.4, 0.5) is 10.5 Å². The van der Waals surface area contributed by atoms with Gasteiger partial charge < -0.3 is 20.3 Å². The van der Waals surface area contributed by atoms with E-state index in [1.54, 1.807) is 41.0 Å². The predicted octanol–water partition coefficient (Wildman–Crippen LogP) is 1.18. The Labute approximate surface area is 118 Å². The summed E-state index contributed by atoms with van der Waals surface area (Å²) in [4.78, 5) is 27.2. The number of nitrogen functional groups attached to an aromatic ring is 1. The van der Waals surface area contributed by atoms with E-state index in [2.05, 4.69) is 0 Å². The van der Waals surface area contributed by atoms with Crippen molar-refractivity contribution in [2.75, 3.05) is 38.5 Å². The van der Waals surface area contributed by atoms with Crippen molar-refractivity contribution < 1.29 is 14.3 Å². The Bertz CT molecular complexity index is 496. The molecule has 1 saturated heterocycles. The summed E-state index contributed by atoms with van der Waals surface area (Å²) < 4.78 is 4.94. The Morgan fingerprint density at radius 3 is 2.35 bits per heavy atom. The first-order chi connectivity index (χ1) is 9.63. The minimum absolute atomic E-state index is 0.0911. The number of nitrogens with zero attached hydrogens (tertiary/aromatic N) is 2. The lowest BCUT2D eigenvalue weighted by Gasteiger charge is -2.34. The maximum absolute atomic E-state index is 12.3. The molecule has 0 atom stereocenters. The molecule has 2 rings (SSSR count). The zero-order chi connectivity index (χ0) is 14.5. The number of hydrogen-bond donors (Lipinski definition) is 1. The van der Waals surface area contributed by atoms with Crippen LogP contribution in [0.2, 0.25) is 0 Å². The summed E-state index contributed by atoms with van der Waals surface area (Å²) in [6.45, 7) is 4.08. The number of benzene rings is 1. The molecule has 1 aromatic rings. The highest BCUT2D eigenvalue weighted by Crippen LogP contribution is 2.15. The van der Waals surface area contributed by atoms with E-state index in [4.69, 9.17) is 10.5 Å². The minimum Gasteiger partial charge on any atom is -0.450 e. The molecule has 108 valence electrons. The molecule has 6 heteroatoms. The molecule has 20 heavy (non-hydrogen) atoms. The van der Waals surface area contributed by atoms with Crippen LogP contribution in [0.1, 0.15) is 17.3 Å². The molecule has 0 aromatic heterocycles. The Kier molecular flexibility index (Phi) is 4.45. The predicted molar refractivity (Wildman–Crippen MR) is 75.4 cm³/mol. The van der Waals surface area contributed by atoms with Crippen molar-refractivity contribution >= 4 is 17.7 Å². The molecule has 2 amide bonds. The van der Waals surface area contributed by atoms with E-state index in [-0.39, 0.29) is 12.0 Å². The summed E-state index contributed by atoms with van der Waals surface area (Å²) in [7, 11) is 0. The first-order valence-corrected chi connectivity index (χ1v) is 6.69. The van der Waals surface area contributed by atoms with Gasteiger partial charge in [0.1, 0.15) is 0 Å². The highest BCUT2D eigenvalue weighted by atomic mass is 16.6. The largest absolute Gasteiger partial charge is 0.450 e. The van der Waals surface area contributed by atoms with E-state index >= 15 is 0 Å². The van der Waals surface area contributed by atoms with Crippen LogP contribution >= 0.6 is 0 Å². The monoisotopic (exact) mass is 277 g/mol. The van der Waals surface area contributed by atoms with Crippen LogP contribution in [0, 0.1) is 0 Å². The fourth-order valence-corrected chi connectivity index (χ4v) is 2.17.